The molecule has 0 unspecified atom stereocenters. The van der Waals surface area contributed by atoms with Gasteiger partial charge in [-0.3, -0.25) is 19.7 Å². The third-order valence-electron chi connectivity index (χ3n) is 2.43. The average molecular weight is 289 g/mol. The highest BCUT2D eigenvalue weighted by atomic mass is 16.7. The molecule has 1 rings (SSSR count). The van der Waals surface area contributed by atoms with Crippen LogP contribution in [0.5, 0.6) is 0 Å². The molecule has 0 saturated heterocycles. The van der Waals surface area contributed by atoms with Crippen LogP contribution >= 0.6 is 0 Å². The van der Waals surface area contributed by atoms with Gasteiger partial charge in [0.15, 0.2) is 6.29 Å². The molecule has 1 aliphatic heterocycles. The van der Waals surface area contributed by atoms with Crippen LogP contribution in [0, 0.1) is 10.1 Å². The molecule has 3 atom stereocenters. The van der Waals surface area contributed by atoms with Crippen LogP contribution in [-0.4, -0.2) is 49.1 Å². The van der Waals surface area contributed by atoms with Crippen molar-refractivity contribution in [3.05, 3.63) is 21.9 Å². The highest BCUT2D eigenvalue weighted by Crippen LogP contribution is 2.24. The molecule has 0 aromatic rings. The van der Waals surface area contributed by atoms with Crippen LogP contribution in [-0.2, 0) is 28.5 Å². The SMILES string of the molecule is CO[C@H]1C=C([N+](=O)[O-])[C@H](OC(C)=O)[C@@H](COC(C)=O)O1. The standard InChI is InChI=1S/C11H15NO8/c1-6(13)18-5-9-11(19-7(2)14)8(12(15)16)4-10(17-3)20-9/h4,9-11H,5H2,1-3H3/t9-,10-,11+/m1/s1. The second-order valence-electron chi connectivity index (χ2n) is 3.96. The summed E-state index contributed by atoms with van der Waals surface area (Å²) in [4.78, 5) is 32.2. The fourth-order valence-electron chi connectivity index (χ4n) is 1.64. The maximum atomic E-state index is 11.0. The summed E-state index contributed by atoms with van der Waals surface area (Å²) in [5.74, 6) is -1.30. The van der Waals surface area contributed by atoms with Crippen molar-refractivity contribution in [2.24, 2.45) is 0 Å². The molecule has 9 heteroatoms. The van der Waals surface area contributed by atoms with Crippen LogP contribution in [0.3, 0.4) is 0 Å². The Hall–Kier alpha value is -2.00. The third kappa shape index (κ3) is 4.28. The van der Waals surface area contributed by atoms with Crippen LogP contribution in [0.4, 0.5) is 0 Å². The predicted molar refractivity (Wildman–Crippen MR) is 62.9 cm³/mol. The van der Waals surface area contributed by atoms with Gasteiger partial charge in [-0.25, -0.2) is 0 Å². The van der Waals surface area contributed by atoms with E-state index in [1.165, 1.54) is 14.0 Å². The van der Waals surface area contributed by atoms with Crippen LogP contribution in [0.1, 0.15) is 13.8 Å². The fraction of sp³-hybridized carbons (Fsp3) is 0.636. The summed E-state index contributed by atoms with van der Waals surface area (Å²) in [7, 11) is 1.30. The number of nitro groups is 1. The molecule has 0 bridgehead atoms. The lowest BCUT2D eigenvalue weighted by Crippen LogP contribution is -2.46. The molecule has 0 N–H and O–H groups in total. The summed E-state index contributed by atoms with van der Waals surface area (Å²) in [6.45, 7) is 2.00. The zero-order chi connectivity index (χ0) is 15.3. The molecule has 0 aromatic heterocycles. The Bertz CT molecular complexity index is 432. The second kappa shape index (κ2) is 6.96. The minimum Gasteiger partial charge on any atom is -0.463 e. The number of nitrogens with zero attached hydrogens (tertiary/aromatic N) is 1. The van der Waals surface area contributed by atoms with Crippen LogP contribution in [0.2, 0.25) is 0 Å². The van der Waals surface area contributed by atoms with Crippen molar-refractivity contribution < 1.29 is 33.5 Å². The lowest BCUT2D eigenvalue weighted by molar-refractivity contribution is -0.444. The molecule has 9 nitrogen and oxygen atoms in total. The molecule has 1 heterocycles. The Balaban J connectivity index is 2.99. The monoisotopic (exact) mass is 289 g/mol. The minimum absolute atomic E-state index is 0.293. The van der Waals surface area contributed by atoms with Crippen molar-refractivity contribution in [2.75, 3.05) is 13.7 Å². The smallest absolute Gasteiger partial charge is 0.303 e. The molecular formula is C11H15NO8. The van der Waals surface area contributed by atoms with Crippen LogP contribution < -0.4 is 0 Å². The van der Waals surface area contributed by atoms with Crippen molar-refractivity contribution in [1.29, 1.82) is 0 Å². The molecule has 0 amide bonds. The van der Waals surface area contributed by atoms with Gasteiger partial charge in [0, 0.05) is 27.0 Å². The third-order valence-corrected chi connectivity index (χ3v) is 2.43. The molecule has 112 valence electrons. The molecule has 0 saturated carbocycles. The molecule has 1 aliphatic rings. The van der Waals surface area contributed by atoms with Crippen molar-refractivity contribution in [1.82, 2.24) is 0 Å². The molecule has 0 radical (unpaired) electrons. The predicted octanol–water partition coefficient (Wildman–Crippen LogP) is 0.0131. The van der Waals surface area contributed by atoms with Gasteiger partial charge in [-0.15, -0.1) is 0 Å². The maximum absolute atomic E-state index is 11.0. The molecular weight excluding hydrogens is 274 g/mol. The van der Waals surface area contributed by atoms with E-state index in [1.54, 1.807) is 0 Å². The summed E-state index contributed by atoms with van der Waals surface area (Å²) in [6.07, 6.45) is -2.17. The maximum Gasteiger partial charge on any atom is 0.303 e. The van der Waals surface area contributed by atoms with Gasteiger partial charge < -0.3 is 18.9 Å². The Morgan fingerprint density at radius 1 is 1.40 bits per heavy atom. The molecule has 0 spiro atoms. The van der Waals surface area contributed by atoms with E-state index in [0.29, 0.717) is 0 Å². The zero-order valence-corrected chi connectivity index (χ0v) is 11.2. The van der Waals surface area contributed by atoms with Crippen LogP contribution in [0.15, 0.2) is 11.8 Å². The van der Waals surface area contributed by atoms with Crippen molar-refractivity contribution >= 4 is 11.9 Å². The molecule has 0 fully saturated rings. The van der Waals surface area contributed by atoms with E-state index in [2.05, 4.69) is 0 Å². The summed E-state index contributed by atoms with van der Waals surface area (Å²) < 4.78 is 19.8. The van der Waals surface area contributed by atoms with E-state index in [0.717, 1.165) is 13.0 Å². The Morgan fingerprint density at radius 3 is 2.50 bits per heavy atom. The molecule has 0 aliphatic carbocycles. The number of ether oxygens (including phenoxy) is 4. The van der Waals surface area contributed by atoms with E-state index in [9.17, 15) is 19.7 Å². The number of carbonyl (C=O) groups is 2. The van der Waals surface area contributed by atoms with Crippen molar-refractivity contribution in [3.63, 3.8) is 0 Å². The quantitative estimate of drug-likeness (QED) is 0.395. The Labute approximate surface area is 114 Å². The number of carbonyl (C=O) groups excluding carboxylic acids is 2. The fourth-order valence-corrected chi connectivity index (χ4v) is 1.64. The zero-order valence-electron chi connectivity index (χ0n) is 11.2. The Kier molecular flexibility index (Phi) is 5.59. The first kappa shape index (κ1) is 16.1. The van der Waals surface area contributed by atoms with E-state index in [1.807, 2.05) is 0 Å². The van der Waals surface area contributed by atoms with Gasteiger partial charge in [0.2, 0.25) is 6.10 Å². The van der Waals surface area contributed by atoms with E-state index in [-0.39, 0.29) is 12.3 Å². The van der Waals surface area contributed by atoms with Gasteiger partial charge in [-0.2, -0.15) is 0 Å². The summed E-state index contributed by atoms with van der Waals surface area (Å²) in [5.41, 5.74) is -0.379. The van der Waals surface area contributed by atoms with Gasteiger partial charge in [0.05, 0.1) is 4.92 Å². The van der Waals surface area contributed by atoms with E-state index >= 15 is 0 Å². The summed E-state index contributed by atoms with van der Waals surface area (Å²) in [6, 6.07) is 0. The van der Waals surface area contributed by atoms with E-state index < -0.39 is 35.4 Å². The number of hydrogen-bond acceptors (Lipinski definition) is 8. The number of methoxy groups -OCH3 is 1. The number of hydrogen-bond donors (Lipinski definition) is 0. The minimum atomic E-state index is -1.27. The highest BCUT2D eigenvalue weighted by molar-refractivity contribution is 5.67. The normalized spacial score (nSPS) is 25.6. The van der Waals surface area contributed by atoms with Crippen molar-refractivity contribution in [3.8, 4) is 0 Å². The lowest BCUT2D eigenvalue weighted by Gasteiger charge is -2.30. The highest BCUT2D eigenvalue weighted by Gasteiger charge is 2.43. The number of rotatable bonds is 5. The topological polar surface area (TPSA) is 114 Å². The van der Waals surface area contributed by atoms with Gasteiger partial charge in [-0.05, 0) is 0 Å². The van der Waals surface area contributed by atoms with Gasteiger partial charge in [0.25, 0.3) is 5.70 Å². The summed E-state index contributed by atoms with van der Waals surface area (Å²) in [5, 5.41) is 11.0. The molecule has 0 aromatic carbocycles. The number of esters is 2. The lowest BCUT2D eigenvalue weighted by atomic mass is 10.1. The first-order valence-electron chi connectivity index (χ1n) is 5.70. The average Bonchev–Trinajstić information content (AvgIpc) is 2.36. The summed E-state index contributed by atoms with van der Waals surface area (Å²) >= 11 is 0. The van der Waals surface area contributed by atoms with Gasteiger partial charge in [-0.1, -0.05) is 0 Å². The van der Waals surface area contributed by atoms with Crippen molar-refractivity contribution in [2.45, 2.75) is 32.3 Å². The van der Waals surface area contributed by atoms with E-state index in [4.69, 9.17) is 18.9 Å². The first-order valence-corrected chi connectivity index (χ1v) is 5.70. The second-order valence-corrected chi connectivity index (χ2v) is 3.96. The largest absolute Gasteiger partial charge is 0.463 e. The van der Waals surface area contributed by atoms with Gasteiger partial charge >= 0.3 is 11.9 Å². The first-order chi connectivity index (χ1) is 9.35. The van der Waals surface area contributed by atoms with Gasteiger partial charge in [0.1, 0.15) is 12.7 Å². The Morgan fingerprint density at radius 2 is 2.05 bits per heavy atom. The molecule has 20 heavy (non-hydrogen) atoms. The van der Waals surface area contributed by atoms with Crippen LogP contribution in [0.25, 0.3) is 0 Å².